The molecule has 0 bridgehead atoms. The van der Waals surface area contributed by atoms with Gasteiger partial charge in [-0.1, -0.05) is 19.1 Å². The molecule has 1 atom stereocenters. The van der Waals surface area contributed by atoms with E-state index in [-0.39, 0.29) is 29.8 Å². The molecular weight excluding hydrogens is 381 g/mol. The molecule has 5 nitrogen and oxygen atoms in total. The zero-order valence-electron chi connectivity index (χ0n) is 15.8. The second kappa shape index (κ2) is 8.73. The van der Waals surface area contributed by atoms with Crippen molar-refractivity contribution in [1.82, 2.24) is 4.90 Å². The molecule has 1 fully saturated rings. The number of sulfone groups is 1. The minimum absolute atomic E-state index is 0.0440. The van der Waals surface area contributed by atoms with Gasteiger partial charge in [0.15, 0.2) is 9.84 Å². The highest BCUT2D eigenvalue weighted by molar-refractivity contribution is 7.91. The van der Waals surface area contributed by atoms with E-state index < -0.39 is 15.9 Å². The molecule has 1 saturated heterocycles. The molecule has 0 spiro atoms. The molecule has 2 aromatic carbocycles. The average molecular weight is 405 g/mol. The van der Waals surface area contributed by atoms with Gasteiger partial charge in [-0.2, -0.15) is 0 Å². The van der Waals surface area contributed by atoms with Crippen molar-refractivity contribution < 1.29 is 22.3 Å². The molecule has 0 saturated carbocycles. The van der Waals surface area contributed by atoms with Crippen LogP contribution in [0.1, 0.15) is 35.7 Å². The summed E-state index contributed by atoms with van der Waals surface area (Å²) in [6, 6.07) is 12.4. The molecule has 3 rings (SSSR count). The highest BCUT2D eigenvalue weighted by Crippen LogP contribution is 2.23. The molecule has 150 valence electrons. The number of rotatable bonds is 7. The van der Waals surface area contributed by atoms with Gasteiger partial charge in [0.2, 0.25) is 0 Å². The van der Waals surface area contributed by atoms with E-state index in [0.29, 0.717) is 24.3 Å². The number of hydrogen-bond donors (Lipinski definition) is 0. The third kappa shape index (κ3) is 5.10. The van der Waals surface area contributed by atoms with Gasteiger partial charge in [0, 0.05) is 18.2 Å². The molecule has 1 amide bonds. The maximum Gasteiger partial charge on any atom is 0.254 e. The molecule has 28 heavy (non-hydrogen) atoms. The largest absolute Gasteiger partial charge is 0.494 e. The summed E-state index contributed by atoms with van der Waals surface area (Å²) in [4.78, 5) is 14.7. The van der Waals surface area contributed by atoms with Crippen molar-refractivity contribution in [3.63, 3.8) is 0 Å². The van der Waals surface area contributed by atoms with Crippen LogP contribution in [-0.4, -0.2) is 43.4 Å². The van der Waals surface area contributed by atoms with Gasteiger partial charge in [0.1, 0.15) is 11.6 Å². The SMILES string of the molecule is CCCOc1ccc(C(=O)N(Cc2ccc(F)cc2)[C@@H]2CCS(=O)(=O)C2)cc1. The van der Waals surface area contributed by atoms with Crippen molar-refractivity contribution in [3.05, 3.63) is 65.5 Å². The van der Waals surface area contributed by atoms with Crippen molar-refractivity contribution in [2.24, 2.45) is 0 Å². The summed E-state index contributed by atoms with van der Waals surface area (Å²) in [5.41, 5.74) is 1.22. The first-order valence-corrected chi connectivity index (χ1v) is 11.2. The third-order valence-electron chi connectivity index (χ3n) is 4.75. The second-order valence-electron chi connectivity index (χ2n) is 6.99. The van der Waals surface area contributed by atoms with E-state index in [9.17, 15) is 17.6 Å². The number of hydrogen-bond acceptors (Lipinski definition) is 4. The van der Waals surface area contributed by atoms with Crippen LogP contribution in [0.15, 0.2) is 48.5 Å². The fourth-order valence-electron chi connectivity index (χ4n) is 3.25. The van der Waals surface area contributed by atoms with Gasteiger partial charge in [0.25, 0.3) is 5.91 Å². The zero-order chi connectivity index (χ0) is 20.1. The normalized spacial score (nSPS) is 18.0. The van der Waals surface area contributed by atoms with Gasteiger partial charge in [-0.25, -0.2) is 12.8 Å². The summed E-state index contributed by atoms with van der Waals surface area (Å²) in [6.45, 7) is 2.85. The zero-order valence-corrected chi connectivity index (χ0v) is 16.6. The topological polar surface area (TPSA) is 63.7 Å². The predicted molar refractivity (Wildman–Crippen MR) is 106 cm³/mol. The van der Waals surface area contributed by atoms with E-state index in [1.807, 2.05) is 6.92 Å². The summed E-state index contributed by atoms with van der Waals surface area (Å²) in [7, 11) is -3.15. The number of halogens is 1. The molecule has 1 heterocycles. The molecule has 7 heteroatoms. The first-order valence-electron chi connectivity index (χ1n) is 9.36. The minimum Gasteiger partial charge on any atom is -0.494 e. The Labute approximate surface area is 165 Å². The van der Waals surface area contributed by atoms with Crippen molar-refractivity contribution in [2.45, 2.75) is 32.4 Å². The van der Waals surface area contributed by atoms with Crippen LogP contribution in [0.25, 0.3) is 0 Å². The maximum absolute atomic E-state index is 13.2. The highest BCUT2D eigenvalue weighted by Gasteiger charge is 2.35. The smallest absolute Gasteiger partial charge is 0.254 e. The first-order chi connectivity index (χ1) is 13.4. The van der Waals surface area contributed by atoms with E-state index in [1.165, 1.54) is 12.1 Å². The fourth-order valence-corrected chi connectivity index (χ4v) is 4.98. The van der Waals surface area contributed by atoms with Crippen LogP contribution in [0, 0.1) is 5.82 Å². The number of ether oxygens (including phenoxy) is 1. The van der Waals surface area contributed by atoms with Crippen LogP contribution in [0.5, 0.6) is 5.75 Å². The Balaban J connectivity index is 1.82. The summed E-state index contributed by atoms with van der Waals surface area (Å²) in [5.74, 6) is 0.125. The Kier molecular flexibility index (Phi) is 6.34. The Bertz CT molecular complexity index is 910. The van der Waals surface area contributed by atoms with Crippen molar-refractivity contribution in [2.75, 3.05) is 18.1 Å². The Morgan fingerprint density at radius 3 is 2.39 bits per heavy atom. The molecule has 0 unspecified atom stereocenters. The van der Waals surface area contributed by atoms with Gasteiger partial charge in [-0.15, -0.1) is 0 Å². The second-order valence-corrected chi connectivity index (χ2v) is 9.22. The monoisotopic (exact) mass is 405 g/mol. The van der Waals surface area contributed by atoms with Gasteiger partial charge in [-0.05, 0) is 54.8 Å². The summed E-state index contributed by atoms with van der Waals surface area (Å²) in [5, 5.41) is 0. The molecule has 1 aliphatic heterocycles. The van der Waals surface area contributed by atoms with Crippen molar-refractivity contribution in [3.8, 4) is 5.75 Å². The number of carbonyl (C=O) groups excluding carboxylic acids is 1. The van der Waals surface area contributed by atoms with Crippen LogP contribution in [0.2, 0.25) is 0 Å². The molecule has 0 aromatic heterocycles. The lowest BCUT2D eigenvalue weighted by Gasteiger charge is -2.28. The lowest BCUT2D eigenvalue weighted by Crippen LogP contribution is -2.40. The summed E-state index contributed by atoms with van der Waals surface area (Å²) in [6.07, 6.45) is 1.30. The Hall–Kier alpha value is -2.41. The van der Waals surface area contributed by atoms with Gasteiger partial charge < -0.3 is 9.64 Å². The summed E-state index contributed by atoms with van der Waals surface area (Å²) < 4.78 is 42.6. The van der Waals surface area contributed by atoms with Gasteiger partial charge >= 0.3 is 0 Å². The number of carbonyl (C=O) groups is 1. The van der Waals surface area contributed by atoms with E-state index in [1.54, 1.807) is 41.3 Å². The maximum atomic E-state index is 13.2. The minimum atomic E-state index is -3.15. The number of amides is 1. The third-order valence-corrected chi connectivity index (χ3v) is 6.50. The Morgan fingerprint density at radius 2 is 1.82 bits per heavy atom. The molecule has 0 N–H and O–H groups in total. The lowest BCUT2D eigenvalue weighted by molar-refractivity contribution is 0.0681. The predicted octanol–water partition coefficient (Wildman–Crippen LogP) is 3.44. The summed E-state index contributed by atoms with van der Waals surface area (Å²) >= 11 is 0. The van der Waals surface area contributed by atoms with E-state index in [2.05, 4.69) is 0 Å². The molecule has 0 radical (unpaired) electrons. The standard InChI is InChI=1S/C21H24FNO4S/c1-2-12-27-20-9-5-17(6-10-20)21(24)23(19-11-13-28(25,26)15-19)14-16-3-7-18(22)8-4-16/h3-10,19H,2,11-15H2,1H3/t19-/m1/s1. The highest BCUT2D eigenvalue weighted by atomic mass is 32.2. The molecular formula is C21H24FNO4S. The van der Waals surface area contributed by atoms with Crippen LogP contribution >= 0.6 is 0 Å². The van der Waals surface area contributed by atoms with Crippen LogP contribution in [0.3, 0.4) is 0 Å². The molecule has 1 aliphatic rings. The van der Waals surface area contributed by atoms with Gasteiger partial charge in [-0.3, -0.25) is 4.79 Å². The van der Waals surface area contributed by atoms with Gasteiger partial charge in [0.05, 0.1) is 18.1 Å². The molecule has 2 aromatic rings. The fraction of sp³-hybridized carbons (Fsp3) is 0.381. The number of nitrogens with zero attached hydrogens (tertiary/aromatic N) is 1. The van der Waals surface area contributed by atoms with E-state index >= 15 is 0 Å². The van der Waals surface area contributed by atoms with Crippen molar-refractivity contribution >= 4 is 15.7 Å². The lowest BCUT2D eigenvalue weighted by atomic mass is 10.1. The van der Waals surface area contributed by atoms with Crippen molar-refractivity contribution in [1.29, 1.82) is 0 Å². The van der Waals surface area contributed by atoms with Crippen LogP contribution in [-0.2, 0) is 16.4 Å². The molecule has 0 aliphatic carbocycles. The first kappa shape index (κ1) is 20.3. The van der Waals surface area contributed by atoms with Crippen LogP contribution < -0.4 is 4.74 Å². The van der Waals surface area contributed by atoms with E-state index in [0.717, 1.165) is 12.0 Å². The average Bonchev–Trinajstić information content (AvgIpc) is 3.05. The van der Waals surface area contributed by atoms with Crippen LogP contribution in [0.4, 0.5) is 4.39 Å². The number of benzene rings is 2. The Morgan fingerprint density at radius 1 is 1.14 bits per heavy atom. The quantitative estimate of drug-likeness (QED) is 0.708. The van der Waals surface area contributed by atoms with E-state index in [4.69, 9.17) is 4.74 Å².